The molecule has 2 aromatic carbocycles. The summed E-state index contributed by atoms with van der Waals surface area (Å²) in [6, 6.07) is 3.82. The number of fused-ring (bicyclic) bond motifs is 1. The zero-order valence-electron chi connectivity index (χ0n) is 29.0. The molecule has 0 saturated carbocycles. The number of rotatable bonds is 9. The highest BCUT2D eigenvalue weighted by atomic mass is 19.4. The highest BCUT2D eigenvalue weighted by molar-refractivity contribution is 5.99. The van der Waals surface area contributed by atoms with E-state index in [0.29, 0.717) is 19.9 Å². The van der Waals surface area contributed by atoms with Gasteiger partial charge in [0.2, 0.25) is 0 Å². The van der Waals surface area contributed by atoms with Gasteiger partial charge in [0, 0.05) is 61.8 Å². The standard InChI is InChI=1S/C36H34F8N4O5/c1-17-12-20(48-10-11-53-16-27(48)35(4,40)41)15-24(37)28(17)31(49)45-25(33(51)52)14-19-6-7-22(30-21(19)8-9-26(46-30)36(42,43)44)29-23(34(3,38)39)13-18(2)47(5)32(29)50/h6-9,12-13,15,25,27H,10-11,14,16H2,1-5H3,(H,45,49)(H,51,52)/t25-,27+/m0/s1. The number of hydrogen-bond acceptors (Lipinski definition) is 6. The molecule has 0 bridgehead atoms. The van der Waals surface area contributed by atoms with Crippen molar-refractivity contribution in [3.05, 3.63) is 92.3 Å². The molecule has 1 aliphatic rings. The lowest BCUT2D eigenvalue weighted by atomic mass is 9.91. The minimum absolute atomic E-state index is 0.00202. The molecule has 284 valence electrons. The first kappa shape index (κ1) is 39.2. The molecule has 0 aliphatic carbocycles. The van der Waals surface area contributed by atoms with Crippen molar-refractivity contribution in [3.63, 3.8) is 0 Å². The second kappa shape index (κ2) is 14.1. The van der Waals surface area contributed by atoms with E-state index in [0.717, 1.165) is 28.8 Å². The molecule has 4 aromatic rings. The molecular weight excluding hydrogens is 720 g/mol. The number of aryl methyl sites for hydroxylation is 2. The summed E-state index contributed by atoms with van der Waals surface area (Å²) >= 11 is 0. The van der Waals surface area contributed by atoms with Crippen LogP contribution in [0.3, 0.4) is 0 Å². The Morgan fingerprint density at radius 1 is 1.04 bits per heavy atom. The largest absolute Gasteiger partial charge is 0.480 e. The molecule has 3 heterocycles. The SMILES string of the molecule is Cc1cc(N2CCOC[C@@H]2C(C)(F)F)cc(F)c1C(=O)N[C@@H](Cc1ccc(-c2c(C(C)(F)F)cc(C)n(C)c2=O)c2nc(C(F)(F)F)ccc12)C(=O)O. The first-order chi connectivity index (χ1) is 24.5. The van der Waals surface area contributed by atoms with Gasteiger partial charge in [0.25, 0.3) is 23.3 Å². The second-order valence-electron chi connectivity index (χ2n) is 13.1. The Hall–Kier alpha value is -5.06. The van der Waals surface area contributed by atoms with Gasteiger partial charge in [-0.3, -0.25) is 9.59 Å². The van der Waals surface area contributed by atoms with Crippen LogP contribution in [0.5, 0.6) is 0 Å². The number of carbonyl (C=O) groups is 2. The molecule has 9 nitrogen and oxygen atoms in total. The lowest BCUT2D eigenvalue weighted by molar-refractivity contribution is -0.141. The number of morpholine rings is 1. The molecule has 1 amide bonds. The number of anilines is 1. The van der Waals surface area contributed by atoms with E-state index in [4.69, 9.17) is 4.74 Å². The van der Waals surface area contributed by atoms with Gasteiger partial charge in [0.15, 0.2) is 0 Å². The van der Waals surface area contributed by atoms with Crippen molar-refractivity contribution in [1.82, 2.24) is 14.9 Å². The van der Waals surface area contributed by atoms with Crippen LogP contribution >= 0.6 is 0 Å². The lowest BCUT2D eigenvalue weighted by Crippen LogP contribution is -2.54. The van der Waals surface area contributed by atoms with Gasteiger partial charge < -0.3 is 24.6 Å². The Morgan fingerprint density at radius 2 is 1.72 bits per heavy atom. The zero-order valence-corrected chi connectivity index (χ0v) is 29.0. The number of aromatic nitrogens is 2. The summed E-state index contributed by atoms with van der Waals surface area (Å²) in [5.41, 5.74) is -5.03. The Balaban J connectivity index is 1.56. The molecule has 2 atom stereocenters. The van der Waals surface area contributed by atoms with Gasteiger partial charge in [-0.2, -0.15) is 13.2 Å². The molecule has 0 spiro atoms. The number of nitrogens with one attached hydrogen (secondary N) is 1. The van der Waals surface area contributed by atoms with E-state index in [-0.39, 0.29) is 53.2 Å². The summed E-state index contributed by atoms with van der Waals surface area (Å²) in [4.78, 5) is 44.1. The fourth-order valence-corrected chi connectivity index (χ4v) is 6.40. The highest BCUT2D eigenvalue weighted by Crippen LogP contribution is 2.39. The molecule has 1 fully saturated rings. The molecule has 17 heteroatoms. The van der Waals surface area contributed by atoms with Gasteiger partial charge >= 0.3 is 12.1 Å². The average Bonchev–Trinajstić information content (AvgIpc) is 3.05. The molecule has 0 radical (unpaired) electrons. The molecule has 0 unspecified atom stereocenters. The van der Waals surface area contributed by atoms with E-state index in [9.17, 15) is 50.2 Å². The molecule has 1 aliphatic heterocycles. The topological polar surface area (TPSA) is 114 Å². The van der Waals surface area contributed by atoms with E-state index >= 15 is 4.39 Å². The van der Waals surface area contributed by atoms with Gasteiger partial charge in [-0.1, -0.05) is 18.2 Å². The normalized spacial score (nSPS) is 16.2. The van der Waals surface area contributed by atoms with Crippen LogP contribution in [0.4, 0.5) is 40.8 Å². The summed E-state index contributed by atoms with van der Waals surface area (Å²) in [6.07, 6.45) is -5.60. The van der Waals surface area contributed by atoms with Crippen molar-refractivity contribution < 1.29 is 54.6 Å². The monoisotopic (exact) mass is 754 g/mol. The summed E-state index contributed by atoms with van der Waals surface area (Å²) in [5.74, 6) is -10.8. The van der Waals surface area contributed by atoms with Crippen molar-refractivity contribution in [3.8, 4) is 11.1 Å². The minimum Gasteiger partial charge on any atom is -0.480 e. The minimum atomic E-state index is -4.99. The predicted octanol–water partition coefficient (Wildman–Crippen LogP) is 6.77. The second-order valence-corrected chi connectivity index (χ2v) is 13.1. The van der Waals surface area contributed by atoms with Gasteiger partial charge in [-0.25, -0.2) is 31.7 Å². The Morgan fingerprint density at radius 3 is 2.30 bits per heavy atom. The van der Waals surface area contributed by atoms with Crippen LogP contribution < -0.4 is 15.8 Å². The average molecular weight is 755 g/mol. The van der Waals surface area contributed by atoms with Gasteiger partial charge in [-0.05, 0) is 49.2 Å². The number of alkyl halides is 7. The van der Waals surface area contributed by atoms with Crippen molar-refractivity contribution in [2.75, 3.05) is 24.7 Å². The molecule has 2 N–H and O–H groups in total. The van der Waals surface area contributed by atoms with E-state index in [1.807, 2.05) is 0 Å². The number of amides is 1. The van der Waals surface area contributed by atoms with E-state index in [1.165, 1.54) is 37.9 Å². The number of benzene rings is 2. The number of ether oxygens (including phenoxy) is 1. The van der Waals surface area contributed by atoms with Crippen LogP contribution in [0, 0.1) is 19.7 Å². The van der Waals surface area contributed by atoms with E-state index in [1.54, 1.807) is 0 Å². The number of nitrogens with zero attached hydrogens (tertiary/aromatic N) is 3. The number of carboxylic acids is 1. The van der Waals surface area contributed by atoms with Crippen molar-refractivity contribution in [1.29, 1.82) is 0 Å². The Labute approximate surface area is 297 Å². The quantitative estimate of drug-likeness (QED) is 0.181. The van der Waals surface area contributed by atoms with Crippen LogP contribution in [0.25, 0.3) is 22.0 Å². The van der Waals surface area contributed by atoms with Crippen molar-refractivity contribution in [2.24, 2.45) is 7.05 Å². The molecule has 1 saturated heterocycles. The van der Waals surface area contributed by atoms with Crippen LogP contribution in [-0.2, 0) is 35.1 Å². The smallest absolute Gasteiger partial charge is 0.433 e. The van der Waals surface area contributed by atoms with Crippen LogP contribution in [0.2, 0.25) is 0 Å². The fourth-order valence-electron chi connectivity index (χ4n) is 6.40. The summed E-state index contributed by atoms with van der Waals surface area (Å²) in [6.45, 7) is 3.72. The Kier molecular flexibility index (Phi) is 10.4. The maximum absolute atomic E-state index is 15.5. The van der Waals surface area contributed by atoms with Gasteiger partial charge in [0.05, 0.1) is 29.9 Å². The first-order valence-electron chi connectivity index (χ1n) is 16.2. The van der Waals surface area contributed by atoms with Crippen LogP contribution in [-0.4, -0.2) is 64.3 Å². The lowest BCUT2D eigenvalue weighted by Gasteiger charge is -2.40. The molecular formula is C36H34F8N4O5. The van der Waals surface area contributed by atoms with Crippen molar-refractivity contribution in [2.45, 2.75) is 64.2 Å². The maximum Gasteiger partial charge on any atom is 0.433 e. The number of aliphatic carboxylic acids is 1. The summed E-state index contributed by atoms with van der Waals surface area (Å²) in [7, 11) is 1.30. The summed E-state index contributed by atoms with van der Waals surface area (Å²) < 4.78 is 122. The number of halogens is 8. The van der Waals surface area contributed by atoms with Crippen LogP contribution in [0.15, 0.2) is 47.3 Å². The Bertz CT molecular complexity index is 2130. The fraction of sp³-hybridized carbons (Fsp3) is 0.389. The first-order valence-corrected chi connectivity index (χ1v) is 16.2. The third-order valence-corrected chi connectivity index (χ3v) is 9.22. The third kappa shape index (κ3) is 7.84. The number of hydrogen-bond donors (Lipinski definition) is 2. The van der Waals surface area contributed by atoms with E-state index < -0.39 is 87.7 Å². The summed E-state index contributed by atoms with van der Waals surface area (Å²) in [5, 5.41) is 12.1. The third-order valence-electron chi connectivity index (χ3n) is 9.22. The zero-order chi connectivity index (χ0) is 39.4. The number of carboxylic acid groups (broad SMARTS) is 1. The number of carbonyl (C=O) groups excluding carboxylic acids is 1. The predicted molar refractivity (Wildman–Crippen MR) is 178 cm³/mol. The highest BCUT2D eigenvalue weighted by Gasteiger charge is 2.41. The van der Waals surface area contributed by atoms with E-state index in [2.05, 4.69) is 10.3 Å². The van der Waals surface area contributed by atoms with Crippen LogP contribution in [0.1, 0.15) is 52.3 Å². The van der Waals surface area contributed by atoms with Gasteiger partial charge in [-0.15, -0.1) is 0 Å². The maximum atomic E-state index is 15.5. The molecule has 2 aromatic heterocycles. The van der Waals surface area contributed by atoms with Gasteiger partial charge in [0.1, 0.15) is 23.6 Å². The molecule has 53 heavy (non-hydrogen) atoms. The van der Waals surface area contributed by atoms with Crippen molar-refractivity contribution >= 4 is 28.5 Å². The number of pyridine rings is 2. The molecule has 5 rings (SSSR count).